The molecule has 3 heterocycles. The van der Waals surface area contributed by atoms with Crippen molar-refractivity contribution in [2.45, 2.75) is 44.3 Å². The van der Waals surface area contributed by atoms with E-state index in [0.29, 0.717) is 62.7 Å². The number of benzene rings is 2. The number of nitriles is 1. The van der Waals surface area contributed by atoms with Gasteiger partial charge in [-0.15, -0.1) is 0 Å². The molecule has 0 spiro atoms. The monoisotopic (exact) mass is 498 g/mol. The predicted octanol–water partition coefficient (Wildman–Crippen LogP) is 3.30. The van der Waals surface area contributed by atoms with Crippen LogP contribution in [-0.4, -0.2) is 64.4 Å². The van der Waals surface area contributed by atoms with Crippen LogP contribution in [0, 0.1) is 11.3 Å². The molecule has 2 fully saturated rings. The van der Waals surface area contributed by atoms with Crippen molar-refractivity contribution in [3.05, 3.63) is 77.2 Å². The summed E-state index contributed by atoms with van der Waals surface area (Å²) < 4.78 is 11.5. The Morgan fingerprint density at radius 1 is 1.14 bits per heavy atom. The van der Waals surface area contributed by atoms with Crippen LogP contribution in [0.4, 0.5) is 0 Å². The van der Waals surface area contributed by atoms with Gasteiger partial charge in [0.05, 0.1) is 37.0 Å². The lowest BCUT2D eigenvalue weighted by Gasteiger charge is -2.23. The van der Waals surface area contributed by atoms with Gasteiger partial charge in [0.25, 0.3) is 0 Å². The van der Waals surface area contributed by atoms with E-state index >= 15 is 0 Å². The molecule has 1 atom stereocenters. The number of carbonyl (C=O) groups excluding carboxylic acids is 1. The zero-order chi connectivity index (χ0) is 25.6. The molecule has 0 saturated carbocycles. The van der Waals surface area contributed by atoms with Crippen molar-refractivity contribution in [2.24, 2.45) is 0 Å². The minimum absolute atomic E-state index is 0.0319. The molecule has 8 heteroatoms. The molecule has 1 amide bonds. The number of aliphatic hydroxyl groups is 1. The number of ether oxygens (including phenoxy) is 2. The summed E-state index contributed by atoms with van der Waals surface area (Å²) in [5.74, 6) is 1.27. The van der Waals surface area contributed by atoms with Crippen LogP contribution >= 0.6 is 0 Å². The molecule has 0 radical (unpaired) electrons. The van der Waals surface area contributed by atoms with Crippen LogP contribution in [0.25, 0.3) is 11.3 Å². The number of amides is 1. The van der Waals surface area contributed by atoms with Gasteiger partial charge in [-0.05, 0) is 41.8 Å². The summed E-state index contributed by atoms with van der Waals surface area (Å²) >= 11 is 0. The van der Waals surface area contributed by atoms with Gasteiger partial charge in [-0.3, -0.25) is 4.79 Å². The summed E-state index contributed by atoms with van der Waals surface area (Å²) in [6.07, 6.45) is 4.47. The zero-order valence-electron chi connectivity index (χ0n) is 20.7. The Morgan fingerprint density at radius 3 is 2.76 bits per heavy atom. The molecule has 8 nitrogen and oxygen atoms in total. The normalized spacial score (nSPS) is 17.9. The molecule has 1 unspecified atom stereocenters. The highest BCUT2D eigenvalue weighted by Gasteiger charge is 2.24. The molecular weight excluding hydrogens is 468 g/mol. The highest BCUT2D eigenvalue weighted by atomic mass is 16.5. The Bertz CT molecular complexity index is 1300. The third-order valence-corrected chi connectivity index (χ3v) is 6.79. The van der Waals surface area contributed by atoms with E-state index in [-0.39, 0.29) is 12.0 Å². The van der Waals surface area contributed by atoms with Gasteiger partial charge in [0.2, 0.25) is 5.91 Å². The van der Waals surface area contributed by atoms with Gasteiger partial charge in [0.15, 0.2) is 0 Å². The Labute approximate surface area is 216 Å². The number of β-amino-alcohol motifs (C(OH)–C–C–N with tert-alkyl or cyclic N) is 1. The molecule has 3 aromatic rings. The molecule has 2 aromatic carbocycles. The SMILES string of the molecule is N#Cc1cc(-c2ccnc(Cc3cccc(CC(=O)N4CCC(O)C4)c3)n2)ccc1OC1CCOCC1. The van der Waals surface area contributed by atoms with Gasteiger partial charge >= 0.3 is 0 Å². The van der Waals surface area contributed by atoms with Crippen molar-refractivity contribution >= 4 is 5.91 Å². The zero-order valence-corrected chi connectivity index (χ0v) is 20.7. The summed E-state index contributed by atoms with van der Waals surface area (Å²) in [6, 6.07) is 17.5. The maximum Gasteiger partial charge on any atom is 0.227 e. The number of hydrogen-bond donors (Lipinski definition) is 1. The van der Waals surface area contributed by atoms with E-state index in [1.807, 2.05) is 48.5 Å². The summed E-state index contributed by atoms with van der Waals surface area (Å²) in [7, 11) is 0. The third-order valence-electron chi connectivity index (χ3n) is 6.79. The number of likely N-dealkylation sites (tertiary alicyclic amines) is 1. The smallest absolute Gasteiger partial charge is 0.227 e. The number of nitrogens with zero attached hydrogens (tertiary/aromatic N) is 4. The average molecular weight is 499 g/mol. The minimum atomic E-state index is -0.417. The van der Waals surface area contributed by atoms with E-state index in [1.165, 1.54) is 0 Å². The summed E-state index contributed by atoms with van der Waals surface area (Å²) in [4.78, 5) is 23.5. The van der Waals surface area contributed by atoms with Gasteiger partial charge in [0.1, 0.15) is 23.7 Å². The summed E-state index contributed by atoms with van der Waals surface area (Å²) in [5, 5.41) is 19.4. The van der Waals surface area contributed by atoms with Crippen LogP contribution in [0.1, 0.15) is 41.8 Å². The molecule has 0 aliphatic carbocycles. The largest absolute Gasteiger partial charge is 0.489 e. The van der Waals surface area contributed by atoms with Crippen molar-refractivity contribution in [3.8, 4) is 23.1 Å². The van der Waals surface area contributed by atoms with E-state index in [4.69, 9.17) is 14.5 Å². The Morgan fingerprint density at radius 2 is 1.97 bits per heavy atom. The van der Waals surface area contributed by atoms with Crippen molar-refractivity contribution in [3.63, 3.8) is 0 Å². The quantitative estimate of drug-likeness (QED) is 0.532. The van der Waals surface area contributed by atoms with Crippen molar-refractivity contribution in [2.75, 3.05) is 26.3 Å². The molecule has 5 rings (SSSR count). The van der Waals surface area contributed by atoms with Crippen LogP contribution in [0.5, 0.6) is 5.75 Å². The lowest BCUT2D eigenvalue weighted by Crippen LogP contribution is -2.30. The fraction of sp³-hybridized carbons (Fsp3) is 0.379. The van der Waals surface area contributed by atoms with Gasteiger partial charge in [-0.2, -0.15) is 5.26 Å². The summed E-state index contributed by atoms with van der Waals surface area (Å²) in [5.41, 5.74) is 3.98. The first kappa shape index (κ1) is 24.9. The standard InChI is InChI=1S/C29H30N4O4/c30-18-23-17-22(4-5-27(23)37-25-8-12-36-13-9-25)26-6-10-31-28(32-26)15-20-2-1-3-21(14-20)16-29(35)33-11-7-24(34)19-33/h1-6,10,14,17,24-25,34H,7-9,11-13,15-16,19H2. The molecule has 190 valence electrons. The van der Waals surface area contributed by atoms with E-state index in [0.717, 1.165) is 35.2 Å². The first-order valence-corrected chi connectivity index (χ1v) is 12.7. The Hall–Kier alpha value is -3.80. The molecule has 0 bridgehead atoms. The van der Waals surface area contributed by atoms with Crippen LogP contribution in [0.15, 0.2) is 54.7 Å². The number of rotatable bonds is 7. The van der Waals surface area contributed by atoms with Crippen LogP contribution < -0.4 is 4.74 Å². The van der Waals surface area contributed by atoms with Gasteiger partial charge in [-0.1, -0.05) is 24.3 Å². The second kappa shape index (κ2) is 11.5. The molecule has 1 aromatic heterocycles. The van der Waals surface area contributed by atoms with E-state index in [9.17, 15) is 15.2 Å². The molecule has 37 heavy (non-hydrogen) atoms. The highest BCUT2D eigenvalue weighted by molar-refractivity contribution is 5.79. The lowest BCUT2D eigenvalue weighted by atomic mass is 10.0. The van der Waals surface area contributed by atoms with E-state index < -0.39 is 6.10 Å². The first-order chi connectivity index (χ1) is 18.1. The molecule has 2 aliphatic heterocycles. The van der Waals surface area contributed by atoms with Crippen LogP contribution in [0.3, 0.4) is 0 Å². The fourth-order valence-electron chi connectivity index (χ4n) is 4.78. The van der Waals surface area contributed by atoms with E-state index in [1.54, 1.807) is 11.1 Å². The van der Waals surface area contributed by atoms with Crippen LogP contribution in [0.2, 0.25) is 0 Å². The van der Waals surface area contributed by atoms with Gasteiger partial charge in [-0.25, -0.2) is 9.97 Å². The van der Waals surface area contributed by atoms with Gasteiger partial charge in [0, 0.05) is 44.1 Å². The number of aromatic nitrogens is 2. The topological polar surface area (TPSA) is 109 Å². The highest BCUT2D eigenvalue weighted by Crippen LogP contribution is 2.28. The average Bonchev–Trinajstić information content (AvgIpc) is 3.36. The summed E-state index contributed by atoms with van der Waals surface area (Å²) in [6.45, 7) is 2.37. The first-order valence-electron chi connectivity index (χ1n) is 12.7. The molecular formula is C29H30N4O4. The second-order valence-electron chi connectivity index (χ2n) is 9.57. The van der Waals surface area contributed by atoms with Crippen LogP contribution in [-0.2, 0) is 22.4 Å². The fourth-order valence-corrected chi connectivity index (χ4v) is 4.78. The third kappa shape index (κ3) is 6.31. The number of aliphatic hydroxyl groups excluding tert-OH is 1. The number of hydrogen-bond acceptors (Lipinski definition) is 7. The maximum atomic E-state index is 12.6. The maximum absolute atomic E-state index is 12.6. The van der Waals surface area contributed by atoms with Crippen molar-refractivity contribution in [1.82, 2.24) is 14.9 Å². The minimum Gasteiger partial charge on any atom is -0.489 e. The van der Waals surface area contributed by atoms with E-state index in [2.05, 4.69) is 11.1 Å². The second-order valence-corrected chi connectivity index (χ2v) is 9.57. The molecule has 2 saturated heterocycles. The number of carbonyl (C=O) groups is 1. The van der Waals surface area contributed by atoms with Gasteiger partial charge < -0.3 is 19.5 Å². The Kier molecular flexibility index (Phi) is 7.73. The Balaban J connectivity index is 1.27. The predicted molar refractivity (Wildman–Crippen MR) is 137 cm³/mol. The lowest BCUT2D eigenvalue weighted by molar-refractivity contribution is -0.129. The molecule has 2 aliphatic rings. The molecule has 1 N–H and O–H groups in total. The van der Waals surface area contributed by atoms with Crippen molar-refractivity contribution < 1.29 is 19.4 Å². The van der Waals surface area contributed by atoms with Crippen molar-refractivity contribution in [1.29, 1.82) is 5.26 Å².